The Morgan fingerprint density at radius 1 is 0.897 bits per heavy atom. The number of hydrogen-bond acceptors (Lipinski definition) is 5. The van der Waals surface area contributed by atoms with Crippen LogP contribution < -0.4 is 0 Å². The van der Waals surface area contributed by atoms with Crippen molar-refractivity contribution in [3.8, 4) is 0 Å². The van der Waals surface area contributed by atoms with Crippen molar-refractivity contribution in [2.24, 2.45) is 0 Å². The Balaban J connectivity index is 0.000000370. The maximum atomic E-state index is 11.2. The lowest BCUT2D eigenvalue weighted by Gasteiger charge is -2.43. The molecular weight excluding hydrogens is 384 g/mol. The van der Waals surface area contributed by atoms with E-state index in [9.17, 15) is 8.42 Å². The van der Waals surface area contributed by atoms with Crippen LogP contribution in [0.2, 0.25) is 0 Å². The second-order valence-electron chi connectivity index (χ2n) is 7.22. The van der Waals surface area contributed by atoms with E-state index in [0.717, 1.165) is 6.26 Å². The van der Waals surface area contributed by atoms with Gasteiger partial charge in [-0.05, 0) is 30.8 Å². The van der Waals surface area contributed by atoms with Crippen LogP contribution in [-0.4, -0.2) is 63.3 Å². The highest BCUT2D eigenvalue weighted by Crippen LogP contribution is 2.33. The molecule has 1 saturated heterocycles. The molecule has 1 fully saturated rings. The van der Waals surface area contributed by atoms with E-state index in [1.807, 2.05) is 36.4 Å². The molecule has 0 bridgehead atoms. The zero-order valence-electron chi connectivity index (χ0n) is 18.0. The second-order valence-corrected chi connectivity index (χ2v) is 8.82. The van der Waals surface area contributed by atoms with Crippen molar-refractivity contribution in [2.75, 3.05) is 39.0 Å². The monoisotopic (exact) mass is 418 g/mol. The molecule has 1 heterocycles. The van der Waals surface area contributed by atoms with Crippen LogP contribution in [0.25, 0.3) is 0 Å². The first-order valence-corrected chi connectivity index (χ1v) is 12.1. The smallest absolute Gasteiger partial charge is 0.264 e. The zero-order chi connectivity index (χ0) is 21.3. The van der Waals surface area contributed by atoms with Crippen molar-refractivity contribution >= 4 is 10.1 Å². The molecule has 5 nitrogen and oxygen atoms in total. The van der Waals surface area contributed by atoms with Crippen LogP contribution in [0.15, 0.2) is 60.7 Å². The highest BCUT2D eigenvalue weighted by atomic mass is 32.2. The third-order valence-corrected chi connectivity index (χ3v) is 5.75. The summed E-state index contributed by atoms with van der Waals surface area (Å²) in [7, 11) is -3.39. The maximum absolute atomic E-state index is 11.2. The van der Waals surface area contributed by atoms with Gasteiger partial charge in [-0.2, -0.15) is 8.42 Å². The van der Waals surface area contributed by atoms with Crippen LogP contribution in [0.3, 0.4) is 0 Å². The fourth-order valence-electron chi connectivity index (χ4n) is 3.54. The van der Waals surface area contributed by atoms with Crippen molar-refractivity contribution in [3.05, 3.63) is 71.8 Å². The van der Waals surface area contributed by atoms with E-state index >= 15 is 0 Å². The molecule has 0 N–H and O–H groups in total. The normalized spacial score (nSPS) is 15.1. The van der Waals surface area contributed by atoms with Gasteiger partial charge in [0.1, 0.15) is 6.10 Å². The molecule has 0 unspecified atom stereocenters. The van der Waals surface area contributed by atoms with Gasteiger partial charge in [0, 0.05) is 13.1 Å². The van der Waals surface area contributed by atoms with E-state index in [1.54, 1.807) is 0 Å². The van der Waals surface area contributed by atoms with Gasteiger partial charge in [-0.25, -0.2) is 0 Å². The molecule has 6 heteroatoms. The molecule has 1 aliphatic rings. The predicted octanol–water partition coefficient (Wildman–Crippen LogP) is 3.78. The van der Waals surface area contributed by atoms with E-state index in [-0.39, 0.29) is 12.1 Å². The van der Waals surface area contributed by atoms with Gasteiger partial charge >= 0.3 is 0 Å². The minimum atomic E-state index is -3.39. The number of hydrogen-bond donors (Lipinski definition) is 0. The van der Waals surface area contributed by atoms with Gasteiger partial charge in [0.25, 0.3) is 10.1 Å². The SMILES string of the molecule is CCN(CC)CC.CS(=O)(=O)OC1CN(C(c2ccccc2)c2ccccc2)C1. The molecule has 0 amide bonds. The van der Waals surface area contributed by atoms with Crippen LogP contribution in [-0.2, 0) is 14.3 Å². The molecule has 3 rings (SSSR count). The maximum Gasteiger partial charge on any atom is 0.264 e. The average molecular weight is 419 g/mol. The lowest BCUT2D eigenvalue weighted by Crippen LogP contribution is -2.54. The van der Waals surface area contributed by atoms with Gasteiger partial charge in [0.05, 0.1) is 12.3 Å². The number of nitrogens with zero attached hydrogens (tertiary/aromatic N) is 2. The summed E-state index contributed by atoms with van der Waals surface area (Å²) in [6, 6.07) is 20.6. The number of benzene rings is 2. The molecule has 0 spiro atoms. The third kappa shape index (κ3) is 7.55. The second kappa shape index (κ2) is 11.5. The van der Waals surface area contributed by atoms with Crippen LogP contribution in [0.1, 0.15) is 37.9 Å². The van der Waals surface area contributed by atoms with E-state index in [2.05, 4.69) is 54.8 Å². The summed E-state index contributed by atoms with van der Waals surface area (Å²) in [5.41, 5.74) is 2.40. The molecule has 0 saturated carbocycles. The Hall–Kier alpha value is -1.73. The Morgan fingerprint density at radius 3 is 1.62 bits per heavy atom. The fraction of sp³-hybridized carbons (Fsp3) is 0.478. The minimum Gasteiger partial charge on any atom is -0.304 e. The number of rotatable bonds is 8. The summed E-state index contributed by atoms with van der Waals surface area (Å²) in [6.07, 6.45) is 0.853. The zero-order valence-corrected chi connectivity index (χ0v) is 18.8. The first kappa shape index (κ1) is 23.5. The topological polar surface area (TPSA) is 49.9 Å². The summed E-state index contributed by atoms with van der Waals surface area (Å²) >= 11 is 0. The van der Waals surface area contributed by atoms with Crippen LogP contribution in [0, 0.1) is 0 Å². The lowest BCUT2D eigenvalue weighted by atomic mass is 9.94. The van der Waals surface area contributed by atoms with E-state index in [0.29, 0.717) is 13.1 Å². The van der Waals surface area contributed by atoms with Gasteiger partial charge in [0.15, 0.2) is 0 Å². The summed E-state index contributed by atoms with van der Waals surface area (Å²) in [5.74, 6) is 0. The first-order chi connectivity index (χ1) is 13.9. The highest BCUT2D eigenvalue weighted by Gasteiger charge is 2.36. The van der Waals surface area contributed by atoms with Crippen molar-refractivity contribution in [1.82, 2.24) is 9.80 Å². The molecule has 0 radical (unpaired) electrons. The van der Waals surface area contributed by atoms with Crippen molar-refractivity contribution < 1.29 is 12.6 Å². The molecule has 1 aliphatic heterocycles. The summed E-state index contributed by atoms with van der Waals surface area (Å²) in [4.78, 5) is 4.61. The van der Waals surface area contributed by atoms with Gasteiger partial charge in [0.2, 0.25) is 0 Å². The summed E-state index contributed by atoms with van der Waals surface area (Å²) in [6.45, 7) is 11.4. The van der Waals surface area contributed by atoms with E-state index in [4.69, 9.17) is 4.18 Å². The molecule has 160 valence electrons. The lowest BCUT2D eigenvalue weighted by molar-refractivity contribution is 0.00475. The van der Waals surface area contributed by atoms with Crippen molar-refractivity contribution in [2.45, 2.75) is 32.9 Å². The van der Waals surface area contributed by atoms with Gasteiger partial charge < -0.3 is 4.90 Å². The molecule has 2 aromatic rings. The molecule has 0 atom stereocenters. The summed E-state index contributed by atoms with van der Waals surface area (Å²) < 4.78 is 27.5. The molecule has 2 aromatic carbocycles. The fourth-order valence-corrected chi connectivity index (χ4v) is 4.16. The summed E-state index contributed by atoms with van der Waals surface area (Å²) in [5, 5.41) is 0. The Morgan fingerprint density at radius 2 is 1.31 bits per heavy atom. The Bertz CT molecular complexity index is 758. The van der Waals surface area contributed by atoms with Crippen LogP contribution in [0.4, 0.5) is 0 Å². The van der Waals surface area contributed by atoms with Crippen LogP contribution >= 0.6 is 0 Å². The molecular formula is C23H34N2O3S. The average Bonchev–Trinajstić information content (AvgIpc) is 2.69. The predicted molar refractivity (Wildman–Crippen MR) is 119 cm³/mol. The Labute approximate surface area is 176 Å². The van der Waals surface area contributed by atoms with Gasteiger partial charge in [-0.3, -0.25) is 9.08 Å². The highest BCUT2D eigenvalue weighted by molar-refractivity contribution is 7.86. The standard InChI is InChI=1S/C17H19NO3S.C6H15N/c1-22(19,20)21-16-12-18(13-16)17(14-8-4-2-5-9-14)15-10-6-3-7-11-15;1-4-7(5-2)6-3/h2-11,16-17H,12-13H2,1H3;4-6H2,1-3H3. The van der Waals surface area contributed by atoms with Crippen LogP contribution in [0.5, 0.6) is 0 Å². The van der Waals surface area contributed by atoms with Gasteiger partial charge in [-0.1, -0.05) is 81.4 Å². The van der Waals surface area contributed by atoms with E-state index in [1.165, 1.54) is 30.8 Å². The third-order valence-electron chi connectivity index (χ3n) is 5.12. The Kier molecular flexibility index (Phi) is 9.30. The quantitative estimate of drug-likeness (QED) is 0.611. The van der Waals surface area contributed by atoms with Crippen molar-refractivity contribution in [1.29, 1.82) is 0 Å². The molecule has 29 heavy (non-hydrogen) atoms. The first-order valence-electron chi connectivity index (χ1n) is 10.3. The van der Waals surface area contributed by atoms with Gasteiger partial charge in [-0.15, -0.1) is 0 Å². The van der Waals surface area contributed by atoms with E-state index < -0.39 is 10.1 Å². The minimum absolute atomic E-state index is 0.127. The molecule has 0 aromatic heterocycles. The van der Waals surface area contributed by atoms with Crippen molar-refractivity contribution in [3.63, 3.8) is 0 Å². The number of likely N-dealkylation sites (tertiary alicyclic amines) is 1. The molecule has 0 aliphatic carbocycles. The largest absolute Gasteiger partial charge is 0.304 e.